The van der Waals surface area contributed by atoms with Crippen molar-refractivity contribution in [1.82, 2.24) is 4.98 Å². The van der Waals surface area contributed by atoms with E-state index >= 15 is 0 Å². The molecule has 0 aliphatic heterocycles. The predicted molar refractivity (Wildman–Crippen MR) is 80.7 cm³/mol. The van der Waals surface area contributed by atoms with Crippen LogP contribution in [-0.4, -0.2) is 12.1 Å². The minimum absolute atomic E-state index is 0.648. The van der Waals surface area contributed by atoms with Crippen LogP contribution in [0.3, 0.4) is 0 Å². The Bertz CT molecular complexity index is 595. The number of aromatic nitrogens is 1. The second-order valence-electron chi connectivity index (χ2n) is 5.21. The molecule has 2 aromatic rings. The highest BCUT2D eigenvalue weighted by Crippen LogP contribution is 2.22. The van der Waals surface area contributed by atoms with E-state index in [4.69, 9.17) is 9.72 Å². The SMILES string of the molecule is COCc1ccccc1CNc1ccc2c(n1)CCC2. The van der Waals surface area contributed by atoms with Crippen molar-refractivity contribution >= 4 is 5.82 Å². The van der Waals surface area contributed by atoms with Crippen LogP contribution in [0.5, 0.6) is 0 Å². The van der Waals surface area contributed by atoms with E-state index in [0.717, 1.165) is 18.8 Å². The lowest BCUT2D eigenvalue weighted by atomic mass is 10.1. The van der Waals surface area contributed by atoms with Crippen LogP contribution < -0.4 is 5.32 Å². The first-order chi connectivity index (χ1) is 9.86. The predicted octanol–water partition coefficient (Wildman–Crippen LogP) is 3.33. The normalized spacial score (nSPS) is 13.2. The maximum Gasteiger partial charge on any atom is 0.126 e. The minimum atomic E-state index is 0.648. The molecule has 0 fully saturated rings. The highest BCUT2D eigenvalue weighted by Gasteiger charge is 2.12. The number of rotatable bonds is 5. The fourth-order valence-corrected chi connectivity index (χ4v) is 2.73. The molecule has 0 spiro atoms. The summed E-state index contributed by atoms with van der Waals surface area (Å²) in [5.74, 6) is 0.970. The number of methoxy groups -OCH3 is 1. The molecular weight excluding hydrogens is 248 g/mol. The molecule has 0 radical (unpaired) electrons. The fraction of sp³-hybridized carbons (Fsp3) is 0.353. The largest absolute Gasteiger partial charge is 0.380 e. The van der Waals surface area contributed by atoms with Crippen LogP contribution in [0.15, 0.2) is 36.4 Å². The summed E-state index contributed by atoms with van der Waals surface area (Å²) in [4.78, 5) is 4.70. The van der Waals surface area contributed by atoms with Crippen LogP contribution in [0.2, 0.25) is 0 Å². The van der Waals surface area contributed by atoms with E-state index in [2.05, 4.69) is 35.6 Å². The van der Waals surface area contributed by atoms with Gasteiger partial charge in [-0.05, 0) is 42.0 Å². The highest BCUT2D eigenvalue weighted by atomic mass is 16.5. The van der Waals surface area contributed by atoms with Crippen molar-refractivity contribution in [2.45, 2.75) is 32.4 Å². The third-order valence-corrected chi connectivity index (χ3v) is 3.81. The summed E-state index contributed by atoms with van der Waals surface area (Å²) in [6, 6.07) is 12.6. The van der Waals surface area contributed by atoms with Crippen LogP contribution >= 0.6 is 0 Å². The van der Waals surface area contributed by atoms with Gasteiger partial charge in [-0.1, -0.05) is 30.3 Å². The first-order valence-electron chi connectivity index (χ1n) is 7.15. The Kier molecular flexibility index (Phi) is 3.97. The lowest BCUT2D eigenvalue weighted by Crippen LogP contribution is -2.05. The lowest BCUT2D eigenvalue weighted by Gasteiger charge is -2.11. The number of anilines is 1. The topological polar surface area (TPSA) is 34.1 Å². The van der Waals surface area contributed by atoms with Crippen LogP contribution in [0.4, 0.5) is 5.82 Å². The first kappa shape index (κ1) is 13.1. The van der Waals surface area contributed by atoms with Crippen molar-refractivity contribution in [2.75, 3.05) is 12.4 Å². The molecule has 1 N–H and O–H groups in total. The van der Waals surface area contributed by atoms with Crippen molar-refractivity contribution in [3.05, 3.63) is 58.8 Å². The Balaban J connectivity index is 1.70. The summed E-state index contributed by atoms with van der Waals surface area (Å²) >= 11 is 0. The summed E-state index contributed by atoms with van der Waals surface area (Å²) in [6.07, 6.45) is 3.53. The molecule has 0 saturated carbocycles. The summed E-state index contributed by atoms with van der Waals surface area (Å²) in [5.41, 5.74) is 5.16. The van der Waals surface area contributed by atoms with E-state index in [1.165, 1.54) is 35.2 Å². The molecule has 0 bridgehead atoms. The molecule has 1 heterocycles. The van der Waals surface area contributed by atoms with Crippen molar-refractivity contribution < 1.29 is 4.74 Å². The Hall–Kier alpha value is -1.87. The molecule has 3 heteroatoms. The van der Waals surface area contributed by atoms with Gasteiger partial charge in [0.05, 0.1) is 6.61 Å². The molecular formula is C17H20N2O. The number of hydrogen-bond donors (Lipinski definition) is 1. The Labute approximate surface area is 120 Å². The summed E-state index contributed by atoms with van der Waals surface area (Å²) in [5, 5.41) is 3.42. The second kappa shape index (κ2) is 6.06. The van der Waals surface area contributed by atoms with Gasteiger partial charge in [-0.15, -0.1) is 0 Å². The van der Waals surface area contributed by atoms with Crippen LogP contribution in [-0.2, 0) is 30.7 Å². The third-order valence-electron chi connectivity index (χ3n) is 3.81. The standard InChI is InChI=1S/C17H20N2O/c1-20-12-15-6-3-2-5-14(15)11-18-17-10-9-13-7-4-8-16(13)19-17/h2-3,5-6,9-10H,4,7-8,11-12H2,1H3,(H,18,19). The summed E-state index contributed by atoms with van der Waals surface area (Å²) in [7, 11) is 1.73. The molecule has 104 valence electrons. The zero-order chi connectivity index (χ0) is 13.8. The number of nitrogens with one attached hydrogen (secondary N) is 1. The number of fused-ring (bicyclic) bond motifs is 1. The van der Waals surface area contributed by atoms with Crippen molar-refractivity contribution in [1.29, 1.82) is 0 Å². The maximum absolute atomic E-state index is 5.24. The molecule has 0 saturated heterocycles. The van der Waals surface area contributed by atoms with Crippen LogP contribution in [0.25, 0.3) is 0 Å². The Morgan fingerprint density at radius 1 is 1.10 bits per heavy atom. The molecule has 1 aliphatic carbocycles. The van der Waals surface area contributed by atoms with E-state index in [1.54, 1.807) is 7.11 Å². The number of pyridine rings is 1. The van der Waals surface area contributed by atoms with Crippen LogP contribution in [0, 0.1) is 0 Å². The second-order valence-corrected chi connectivity index (χ2v) is 5.21. The highest BCUT2D eigenvalue weighted by molar-refractivity contribution is 5.41. The molecule has 0 unspecified atom stereocenters. The smallest absolute Gasteiger partial charge is 0.126 e. The molecule has 3 nitrogen and oxygen atoms in total. The van der Waals surface area contributed by atoms with Gasteiger partial charge in [0.1, 0.15) is 5.82 Å². The Morgan fingerprint density at radius 2 is 1.95 bits per heavy atom. The van der Waals surface area contributed by atoms with Gasteiger partial charge < -0.3 is 10.1 Å². The van der Waals surface area contributed by atoms with E-state index in [0.29, 0.717) is 6.61 Å². The number of ether oxygens (including phenoxy) is 1. The average molecular weight is 268 g/mol. The number of aryl methyl sites for hydroxylation is 2. The molecule has 0 amide bonds. The molecule has 3 rings (SSSR count). The Morgan fingerprint density at radius 3 is 2.80 bits per heavy atom. The van der Waals surface area contributed by atoms with Gasteiger partial charge in [0.25, 0.3) is 0 Å². The van der Waals surface area contributed by atoms with Gasteiger partial charge in [-0.3, -0.25) is 0 Å². The molecule has 1 aliphatic rings. The fourth-order valence-electron chi connectivity index (χ4n) is 2.73. The minimum Gasteiger partial charge on any atom is -0.380 e. The summed E-state index contributed by atoms with van der Waals surface area (Å²) in [6.45, 7) is 1.43. The monoisotopic (exact) mass is 268 g/mol. The van der Waals surface area contributed by atoms with E-state index in [1.807, 2.05) is 6.07 Å². The van der Waals surface area contributed by atoms with E-state index in [-0.39, 0.29) is 0 Å². The molecule has 0 atom stereocenters. The average Bonchev–Trinajstić information content (AvgIpc) is 2.94. The van der Waals surface area contributed by atoms with Gasteiger partial charge in [0, 0.05) is 19.3 Å². The summed E-state index contributed by atoms with van der Waals surface area (Å²) < 4.78 is 5.24. The van der Waals surface area contributed by atoms with Crippen molar-refractivity contribution in [2.24, 2.45) is 0 Å². The van der Waals surface area contributed by atoms with Gasteiger partial charge in [0.2, 0.25) is 0 Å². The molecule has 1 aromatic heterocycles. The van der Waals surface area contributed by atoms with Gasteiger partial charge in [0.15, 0.2) is 0 Å². The number of hydrogen-bond acceptors (Lipinski definition) is 3. The zero-order valence-electron chi connectivity index (χ0n) is 11.9. The zero-order valence-corrected chi connectivity index (χ0v) is 11.9. The number of nitrogens with zero attached hydrogens (tertiary/aromatic N) is 1. The third kappa shape index (κ3) is 2.83. The molecule has 20 heavy (non-hydrogen) atoms. The van der Waals surface area contributed by atoms with E-state index < -0.39 is 0 Å². The van der Waals surface area contributed by atoms with Crippen LogP contribution in [0.1, 0.15) is 28.8 Å². The van der Waals surface area contributed by atoms with Gasteiger partial charge in [-0.25, -0.2) is 4.98 Å². The molecule has 1 aromatic carbocycles. The quantitative estimate of drug-likeness (QED) is 0.903. The first-order valence-corrected chi connectivity index (χ1v) is 7.15. The van der Waals surface area contributed by atoms with Crippen molar-refractivity contribution in [3.63, 3.8) is 0 Å². The lowest BCUT2D eigenvalue weighted by molar-refractivity contribution is 0.184. The maximum atomic E-state index is 5.24. The number of benzene rings is 1. The van der Waals surface area contributed by atoms with Gasteiger partial charge >= 0.3 is 0 Å². The van der Waals surface area contributed by atoms with Crippen molar-refractivity contribution in [3.8, 4) is 0 Å². The van der Waals surface area contributed by atoms with E-state index in [9.17, 15) is 0 Å². The van der Waals surface area contributed by atoms with Gasteiger partial charge in [-0.2, -0.15) is 0 Å².